The fourth-order valence-electron chi connectivity index (χ4n) is 1.87. The van der Waals surface area contributed by atoms with Crippen LogP contribution in [0.25, 0.3) is 6.08 Å². The quantitative estimate of drug-likeness (QED) is 0.714. The van der Waals surface area contributed by atoms with Crippen LogP contribution in [0.5, 0.6) is 11.5 Å². The third-order valence-electron chi connectivity index (χ3n) is 3.00. The summed E-state index contributed by atoms with van der Waals surface area (Å²) in [7, 11) is 1.48. The molecule has 0 aliphatic rings. The normalized spacial score (nSPS) is 10.5. The summed E-state index contributed by atoms with van der Waals surface area (Å²) in [6.45, 7) is 0.0835. The predicted molar refractivity (Wildman–Crippen MR) is 87.3 cm³/mol. The van der Waals surface area contributed by atoms with Crippen molar-refractivity contribution in [3.63, 3.8) is 0 Å². The van der Waals surface area contributed by atoms with E-state index in [1.54, 1.807) is 42.7 Å². The Hall–Kier alpha value is -3.22. The molecule has 1 aromatic heterocycles. The molecule has 0 bridgehead atoms. The molecule has 1 aromatic carbocycles. The molecule has 7 nitrogen and oxygen atoms in total. The summed E-state index contributed by atoms with van der Waals surface area (Å²) in [5.74, 6) is 0.688. The number of rotatable bonds is 8. The van der Waals surface area contributed by atoms with Crippen LogP contribution >= 0.6 is 0 Å². The predicted octanol–water partition coefficient (Wildman–Crippen LogP) is 1.48. The molecule has 0 saturated heterocycles. The monoisotopic (exact) mass is 330 g/mol. The zero-order chi connectivity index (χ0) is 17.4. The molecule has 126 valence electrons. The first kappa shape index (κ1) is 17.1. The molecule has 0 unspecified atom stereocenters. The summed E-state index contributed by atoms with van der Waals surface area (Å²) in [4.78, 5) is 22.5. The minimum Gasteiger partial charge on any atom is -0.493 e. The smallest absolute Gasteiger partial charge is 0.255 e. The number of hydrogen-bond acceptors (Lipinski definition) is 5. The fourth-order valence-corrected chi connectivity index (χ4v) is 1.87. The van der Waals surface area contributed by atoms with Gasteiger partial charge in [-0.2, -0.15) is 0 Å². The lowest BCUT2D eigenvalue weighted by Crippen LogP contribution is -2.20. The second-order valence-electron chi connectivity index (χ2n) is 4.80. The molecular weight excluding hydrogens is 312 g/mol. The number of benzene rings is 1. The van der Waals surface area contributed by atoms with Crippen molar-refractivity contribution in [1.82, 2.24) is 5.32 Å². The molecule has 0 radical (unpaired) electrons. The van der Waals surface area contributed by atoms with Gasteiger partial charge in [-0.1, -0.05) is 6.07 Å². The molecule has 1 heterocycles. The Morgan fingerprint density at radius 2 is 2.12 bits per heavy atom. The largest absolute Gasteiger partial charge is 0.493 e. The van der Waals surface area contributed by atoms with Crippen LogP contribution in [0.3, 0.4) is 0 Å². The molecule has 0 atom stereocenters. The second kappa shape index (κ2) is 8.42. The van der Waals surface area contributed by atoms with Crippen molar-refractivity contribution in [2.75, 3.05) is 13.7 Å². The molecular formula is C17H18N2O5. The van der Waals surface area contributed by atoms with Gasteiger partial charge in [0.1, 0.15) is 5.76 Å². The summed E-state index contributed by atoms with van der Waals surface area (Å²) in [6.07, 6.45) is 4.59. The number of ether oxygens (including phenoxy) is 2. The highest BCUT2D eigenvalue weighted by Gasteiger charge is 2.06. The van der Waals surface area contributed by atoms with Crippen molar-refractivity contribution < 1.29 is 23.5 Å². The highest BCUT2D eigenvalue weighted by Crippen LogP contribution is 2.28. The van der Waals surface area contributed by atoms with E-state index in [0.29, 0.717) is 23.8 Å². The Morgan fingerprint density at radius 1 is 1.29 bits per heavy atom. The van der Waals surface area contributed by atoms with E-state index in [1.165, 1.54) is 13.2 Å². The molecule has 0 saturated carbocycles. The molecule has 0 fully saturated rings. The van der Waals surface area contributed by atoms with Crippen molar-refractivity contribution in [1.29, 1.82) is 0 Å². The SMILES string of the molecule is COc1cc(/C=C/C(=O)NCc2ccco2)ccc1OCC(N)=O. The zero-order valence-corrected chi connectivity index (χ0v) is 13.2. The third kappa shape index (κ3) is 5.20. The average Bonchev–Trinajstić information content (AvgIpc) is 3.10. The van der Waals surface area contributed by atoms with Gasteiger partial charge in [0, 0.05) is 6.08 Å². The number of nitrogens with two attached hydrogens (primary N) is 1. The summed E-state index contributed by atoms with van der Waals surface area (Å²) in [5.41, 5.74) is 5.78. The topological polar surface area (TPSA) is 104 Å². The molecule has 24 heavy (non-hydrogen) atoms. The van der Waals surface area contributed by atoms with Crippen LogP contribution in [0, 0.1) is 0 Å². The van der Waals surface area contributed by atoms with Crippen molar-refractivity contribution in [3.8, 4) is 11.5 Å². The third-order valence-corrected chi connectivity index (χ3v) is 3.00. The van der Waals surface area contributed by atoms with Crippen LogP contribution in [0.15, 0.2) is 47.1 Å². The standard InChI is InChI=1S/C17H18N2O5/c1-22-15-9-12(4-6-14(15)24-11-16(18)20)5-7-17(21)19-10-13-3-2-8-23-13/h2-9H,10-11H2,1H3,(H2,18,20)(H,19,21)/b7-5+. The van der Waals surface area contributed by atoms with E-state index >= 15 is 0 Å². The maximum Gasteiger partial charge on any atom is 0.255 e. The number of primary amides is 1. The molecule has 2 aromatic rings. The molecule has 0 spiro atoms. The first-order valence-corrected chi connectivity index (χ1v) is 7.16. The van der Waals surface area contributed by atoms with E-state index in [9.17, 15) is 9.59 Å². The van der Waals surface area contributed by atoms with Crippen LogP contribution in [-0.2, 0) is 16.1 Å². The highest BCUT2D eigenvalue weighted by atomic mass is 16.5. The lowest BCUT2D eigenvalue weighted by molar-refractivity contribution is -0.120. The molecule has 0 aliphatic heterocycles. The Morgan fingerprint density at radius 3 is 2.79 bits per heavy atom. The van der Waals surface area contributed by atoms with Gasteiger partial charge in [-0.3, -0.25) is 9.59 Å². The van der Waals surface area contributed by atoms with Crippen LogP contribution in [-0.4, -0.2) is 25.5 Å². The van der Waals surface area contributed by atoms with Gasteiger partial charge in [0.15, 0.2) is 18.1 Å². The van der Waals surface area contributed by atoms with Gasteiger partial charge < -0.3 is 24.9 Å². The second-order valence-corrected chi connectivity index (χ2v) is 4.80. The maximum absolute atomic E-state index is 11.8. The first-order chi connectivity index (χ1) is 11.6. The number of methoxy groups -OCH3 is 1. The van der Waals surface area contributed by atoms with Crippen LogP contribution in [0.4, 0.5) is 0 Å². The van der Waals surface area contributed by atoms with Crippen LogP contribution < -0.4 is 20.5 Å². The van der Waals surface area contributed by atoms with Gasteiger partial charge in [-0.15, -0.1) is 0 Å². The van der Waals surface area contributed by atoms with Gasteiger partial charge in [0.25, 0.3) is 5.91 Å². The zero-order valence-electron chi connectivity index (χ0n) is 13.2. The number of carbonyl (C=O) groups excluding carboxylic acids is 2. The van der Waals surface area contributed by atoms with Crippen LogP contribution in [0.1, 0.15) is 11.3 Å². The Labute approximate surface area is 139 Å². The van der Waals surface area contributed by atoms with E-state index < -0.39 is 5.91 Å². The number of carbonyl (C=O) groups is 2. The van der Waals surface area contributed by atoms with E-state index in [2.05, 4.69) is 5.32 Å². The number of amides is 2. The Balaban J connectivity index is 1.95. The maximum atomic E-state index is 11.8. The average molecular weight is 330 g/mol. The number of hydrogen-bond donors (Lipinski definition) is 2. The molecule has 2 amide bonds. The Kier molecular flexibility index (Phi) is 6.01. The summed E-state index contributed by atoms with van der Waals surface area (Å²) >= 11 is 0. The lowest BCUT2D eigenvalue weighted by atomic mass is 10.2. The van der Waals surface area contributed by atoms with E-state index in [0.717, 1.165) is 5.56 Å². The van der Waals surface area contributed by atoms with Gasteiger partial charge in [0.05, 0.1) is 19.9 Å². The lowest BCUT2D eigenvalue weighted by Gasteiger charge is -2.09. The molecule has 2 rings (SSSR count). The summed E-state index contributed by atoms with van der Waals surface area (Å²) < 4.78 is 15.6. The van der Waals surface area contributed by atoms with Crippen molar-refractivity contribution in [2.24, 2.45) is 5.73 Å². The summed E-state index contributed by atoms with van der Waals surface area (Å²) in [6, 6.07) is 8.59. The first-order valence-electron chi connectivity index (χ1n) is 7.16. The minimum absolute atomic E-state index is 0.235. The van der Waals surface area contributed by atoms with E-state index in [4.69, 9.17) is 19.6 Å². The van der Waals surface area contributed by atoms with Crippen molar-refractivity contribution in [3.05, 3.63) is 54.0 Å². The minimum atomic E-state index is -0.575. The highest BCUT2D eigenvalue weighted by molar-refractivity contribution is 5.91. The fraction of sp³-hybridized carbons (Fsp3) is 0.176. The van der Waals surface area contributed by atoms with Gasteiger partial charge >= 0.3 is 0 Å². The van der Waals surface area contributed by atoms with Crippen molar-refractivity contribution in [2.45, 2.75) is 6.54 Å². The van der Waals surface area contributed by atoms with Crippen molar-refractivity contribution >= 4 is 17.9 Å². The molecule has 7 heteroatoms. The molecule has 0 aliphatic carbocycles. The van der Waals surface area contributed by atoms with Gasteiger partial charge in [-0.05, 0) is 35.9 Å². The van der Waals surface area contributed by atoms with Gasteiger partial charge in [-0.25, -0.2) is 0 Å². The van der Waals surface area contributed by atoms with E-state index in [1.807, 2.05) is 0 Å². The summed E-state index contributed by atoms with van der Waals surface area (Å²) in [5, 5.41) is 2.70. The Bertz CT molecular complexity index is 723. The van der Waals surface area contributed by atoms with Gasteiger partial charge in [0.2, 0.25) is 5.91 Å². The number of nitrogens with one attached hydrogen (secondary N) is 1. The number of furan rings is 1. The van der Waals surface area contributed by atoms with E-state index in [-0.39, 0.29) is 12.5 Å². The van der Waals surface area contributed by atoms with Crippen LogP contribution in [0.2, 0.25) is 0 Å². The molecule has 3 N–H and O–H groups in total.